The minimum absolute atomic E-state index is 0.0284. The number of carbonyl (C=O) groups is 1. The number of amides is 1. The lowest BCUT2D eigenvalue weighted by atomic mass is 9.95. The SMILES string of the molecule is CCN(c1ccc(OCC(=O)NC2CCCCC2)cc1)S(C)(=O)=O. The molecular formula is C17H26N2O4S. The van der Waals surface area contributed by atoms with Crippen molar-refractivity contribution >= 4 is 21.6 Å². The molecule has 1 saturated carbocycles. The molecule has 0 unspecified atom stereocenters. The number of hydrogen-bond acceptors (Lipinski definition) is 4. The molecule has 1 aliphatic carbocycles. The third kappa shape index (κ3) is 5.40. The summed E-state index contributed by atoms with van der Waals surface area (Å²) in [6.45, 7) is 2.11. The predicted molar refractivity (Wildman–Crippen MR) is 94.8 cm³/mol. The van der Waals surface area contributed by atoms with Crippen LogP contribution in [0.4, 0.5) is 5.69 Å². The van der Waals surface area contributed by atoms with E-state index in [-0.39, 0.29) is 18.6 Å². The number of nitrogens with zero attached hydrogens (tertiary/aromatic N) is 1. The lowest BCUT2D eigenvalue weighted by Gasteiger charge is -2.23. The van der Waals surface area contributed by atoms with Crippen LogP contribution in [0.2, 0.25) is 0 Å². The zero-order chi connectivity index (χ0) is 17.6. The average molecular weight is 354 g/mol. The van der Waals surface area contributed by atoms with Gasteiger partial charge in [0.1, 0.15) is 5.75 Å². The van der Waals surface area contributed by atoms with E-state index < -0.39 is 10.0 Å². The molecule has 1 aromatic rings. The van der Waals surface area contributed by atoms with Crippen molar-refractivity contribution < 1.29 is 17.9 Å². The van der Waals surface area contributed by atoms with Crippen LogP contribution in [-0.2, 0) is 14.8 Å². The van der Waals surface area contributed by atoms with Crippen molar-refractivity contribution in [3.8, 4) is 5.75 Å². The van der Waals surface area contributed by atoms with Crippen molar-refractivity contribution in [1.82, 2.24) is 5.32 Å². The number of sulfonamides is 1. The maximum absolute atomic E-state index is 11.9. The van der Waals surface area contributed by atoms with Crippen LogP contribution in [0.15, 0.2) is 24.3 Å². The molecule has 0 heterocycles. The standard InChI is InChI=1S/C17H26N2O4S/c1-3-19(24(2,21)22)15-9-11-16(12-10-15)23-13-17(20)18-14-7-5-4-6-8-14/h9-12,14H,3-8,13H2,1-2H3,(H,18,20). The Morgan fingerprint density at radius 2 is 1.83 bits per heavy atom. The Hall–Kier alpha value is -1.76. The summed E-state index contributed by atoms with van der Waals surface area (Å²) in [6, 6.07) is 6.98. The fourth-order valence-corrected chi connectivity index (χ4v) is 3.96. The smallest absolute Gasteiger partial charge is 0.258 e. The van der Waals surface area contributed by atoms with Crippen LogP contribution in [0.25, 0.3) is 0 Å². The highest BCUT2D eigenvalue weighted by Crippen LogP contribution is 2.21. The molecule has 6 nitrogen and oxygen atoms in total. The van der Waals surface area contributed by atoms with Gasteiger partial charge in [-0.05, 0) is 44.0 Å². The second-order valence-electron chi connectivity index (χ2n) is 6.11. The first-order valence-corrected chi connectivity index (χ1v) is 10.2. The first kappa shape index (κ1) is 18.6. The first-order valence-electron chi connectivity index (χ1n) is 8.40. The largest absolute Gasteiger partial charge is 0.484 e. The number of carbonyl (C=O) groups excluding carboxylic acids is 1. The number of anilines is 1. The number of rotatable bonds is 7. The van der Waals surface area contributed by atoms with Gasteiger partial charge in [-0.3, -0.25) is 9.10 Å². The molecule has 0 bridgehead atoms. The number of benzene rings is 1. The molecule has 0 radical (unpaired) electrons. The van der Waals surface area contributed by atoms with Crippen LogP contribution in [0.3, 0.4) is 0 Å². The minimum atomic E-state index is -3.29. The summed E-state index contributed by atoms with van der Waals surface area (Å²) in [5.74, 6) is 0.430. The van der Waals surface area contributed by atoms with E-state index in [1.165, 1.54) is 29.8 Å². The fourth-order valence-electron chi connectivity index (χ4n) is 2.98. The van der Waals surface area contributed by atoms with E-state index in [9.17, 15) is 13.2 Å². The van der Waals surface area contributed by atoms with Crippen LogP contribution < -0.4 is 14.4 Å². The van der Waals surface area contributed by atoms with E-state index in [0.717, 1.165) is 12.8 Å². The van der Waals surface area contributed by atoms with Gasteiger partial charge in [-0.1, -0.05) is 19.3 Å². The van der Waals surface area contributed by atoms with Crippen LogP contribution >= 0.6 is 0 Å². The summed E-state index contributed by atoms with van der Waals surface area (Å²) in [6.07, 6.45) is 6.84. The van der Waals surface area contributed by atoms with Gasteiger partial charge in [0.2, 0.25) is 10.0 Å². The van der Waals surface area contributed by atoms with Crippen LogP contribution in [0.1, 0.15) is 39.0 Å². The molecule has 1 aliphatic rings. The fraction of sp³-hybridized carbons (Fsp3) is 0.588. The molecule has 0 atom stereocenters. The Bertz CT molecular complexity index is 637. The molecule has 7 heteroatoms. The molecule has 0 aromatic heterocycles. The van der Waals surface area contributed by atoms with Crippen molar-refractivity contribution in [2.45, 2.75) is 45.1 Å². The molecule has 0 aliphatic heterocycles. The molecule has 24 heavy (non-hydrogen) atoms. The van der Waals surface area contributed by atoms with Crippen molar-refractivity contribution in [3.63, 3.8) is 0 Å². The zero-order valence-corrected chi connectivity index (χ0v) is 15.1. The summed E-state index contributed by atoms with van der Waals surface area (Å²) in [7, 11) is -3.29. The summed E-state index contributed by atoms with van der Waals surface area (Å²) < 4.78 is 30.2. The van der Waals surface area contributed by atoms with E-state index in [4.69, 9.17) is 4.74 Å². The Balaban J connectivity index is 1.86. The van der Waals surface area contributed by atoms with Crippen molar-refractivity contribution in [2.24, 2.45) is 0 Å². The highest BCUT2D eigenvalue weighted by atomic mass is 32.2. The monoisotopic (exact) mass is 354 g/mol. The summed E-state index contributed by atoms with van der Waals surface area (Å²) in [5.41, 5.74) is 0.582. The second kappa shape index (κ2) is 8.37. The van der Waals surface area contributed by atoms with Gasteiger partial charge < -0.3 is 10.1 Å². The summed E-state index contributed by atoms with van der Waals surface area (Å²) in [4.78, 5) is 11.9. The number of nitrogens with one attached hydrogen (secondary N) is 1. The molecule has 2 rings (SSSR count). The van der Waals surface area contributed by atoms with Crippen LogP contribution in [0, 0.1) is 0 Å². The Kier molecular flexibility index (Phi) is 6.48. The lowest BCUT2D eigenvalue weighted by Crippen LogP contribution is -2.38. The molecule has 1 amide bonds. The van der Waals surface area contributed by atoms with Gasteiger partial charge in [0.15, 0.2) is 6.61 Å². The maximum Gasteiger partial charge on any atom is 0.258 e. The molecule has 134 valence electrons. The van der Waals surface area contributed by atoms with Gasteiger partial charge in [0.25, 0.3) is 5.91 Å². The van der Waals surface area contributed by atoms with Crippen molar-refractivity contribution in [3.05, 3.63) is 24.3 Å². The van der Waals surface area contributed by atoms with Crippen LogP contribution in [0.5, 0.6) is 5.75 Å². The average Bonchev–Trinajstić information content (AvgIpc) is 2.54. The molecule has 0 saturated heterocycles. The molecule has 1 N–H and O–H groups in total. The number of ether oxygens (including phenoxy) is 1. The third-order valence-electron chi connectivity index (χ3n) is 4.15. The van der Waals surface area contributed by atoms with Gasteiger partial charge in [-0.2, -0.15) is 0 Å². The maximum atomic E-state index is 11.9. The molecule has 1 aromatic carbocycles. The Morgan fingerprint density at radius 1 is 1.21 bits per heavy atom. The second-order valence-corrected chi connectivity index (χ2v) is 8.02. The molecule has 1 fully saturated rings. The molecule has 0 spiro atoms. The Labute approximate surface area is 144 Å². The normalized spacial score (nSPS) is 15.8. The van der Waals surface area contributed by atoms with E-state index in [1.807, 2.05) is 0 Å². The van der Waals surface area contributed by atoms with E-state index >= 15 is 0 Å². The minimum Gasteiger partial charge on any atom is -0.484 e. The quantitative estimate of drug-likeness (QED) is 0.815. The zero-order valence-electron chi connectivity index (χ0n) is 14.3. The van der Waals surface area contributed by atoms with Gasteiger partial charge in [-0.25, -0.2) is 8.42 Å². The van der Waals surface area contributed by atoms with E-state index in [1.54, 1.807) is 31.2 Å². The van der Waals surface area contributed by atoms with E-state index in [0.29, 0.717) is 18.0 Å². The Morgan fingerprint density at radius 3 is 2.38 bits per heavy atom. The van der Waals surface area contributed by atoms with Crippen LogP contribution in [-0.4, -0.2) is 39.8 Å². The van der Waals surface area contributed by atoms with Crippen molar-refractivity contribution in [1.29, 1.82) is 0 Å². The predicted octanol–water partition coefficient (Wildman–Crippen LogP) is 2.30. The van der Waals surface area contributed by atoms with Crippen molar-refractivity contribution in [2.75, 3.05) is 23.7 Å². The third-order valence-corrected chi connectivity index (χ3v) is 5.42. The van der Waals surface area contributed by atoms with E-state index in [2.05, 4.69) is 5.32 Å². The topological polar surface area (TPSA) is 75.7 Å². The first-order chi connectivity index (χ1) is 11.4. The number of hydrogen-bond donors (Lipinski definition) is 1. The molecular weight excluding hydrogens is 328 g/mol. The summed E-state index contributed by atoms with van der Waals surface area (Å²) in [5, 5.41) is 3.00. The highest BCUT2D eigenvalue weighted by Gasteiger charge is 2.17. The highest BCUT2D eigenvalue weighted by molar-refractivity contribution is 7.92. The summed E-state index contributed by atoms with van der Waals surface area (Å²) >= 11 is 0. The van der Waals surface area contributed by atoms with Gasteiger partial charge >= 0.3 is 0 Å². The van der Waals surface area contributed by atoms with Gasteiger partial charge in [-0.15, -0.1) is 0 Å². The lowest BCUT2D eigenvalue weighted by molar-refractivity contribution is -0.124. The van der Waals surface area contributed by atoms with Gasteiger partial charge in [0.05, 0.1) is 11.9 Å². The van der Waals surface area contributed by atoms with Gasteiger partial charge in [0, 0.05) is 12.6 Å².